The number of hydrogen-bond acceptors (Lipinski definition) is 2. The van der Waals surface area contributed by atoms with Crippen LogP contribution in [0.15, 0.2) is 24.4 Å². The number of rotatable bonds is 6. The fraction of sp³-hybridized carbons (Fsp3) is 0.500. The SMILES string of the molecule is Cc1ccc2c(CC(C)(C)NCC(F)(F)CO)c[nH]c2c1. The highest BCUT2D eigenvalue weighted by Gasteiger charge is 2.31. The fourth-order valence-electron chi connectivity index (χ4n) is 2.41. The topological polar surface area (TPSA) is 48.0 Å². The number of fused-ring (bicyclic) bond motifs is 1. The highest BCUT2D eigenvalue weighted by molar-refractivity contribution is 5.83. The van der Waals surface area contributed by atoms with Crippen molar-refractivity contribution in [2.45, 2.75) is 38.7 Å². The highest BCUT2D eigenvalue weighted by atomic mass is 19.3. The lowest BCUT2D eigenvalue weighted by molar-refractivity contribution is -0.0517. The number of aliphatic hydroxyl groups excluding tert-OH is 1. The molecule has 0 unspecified atom stereocenters. The number of aliphatic hydroxyl groups is 1. The van der Waals surface area contributed by atoms with Crippen LogP contribution in [0.2, 0.25) is 0 Å². The van der Waals surface area contributed by atoms with Gasteiger partial charge in [-0.25, -0.2) is 8.78 Å². The third-order valence-electron chi connectivity index (χ3n) is 3.61. The predicted octanol–water partition coefficient (Wildman–Crippen LogP) is 3.01. The van der Waals surface area contributed by atoms with E-state index >= 15 is 0 Å². The van der Waals surface area contributed by atoms with Crippen molar-refractivity contribution in [3.8, 4) is 0 Å². The zero-order valence-corrected chi connectivity index (χ0v) is 12.6. The van der Waals surface area contributed by atoms with E-state index in [0.717, 1.165) is 16.5 Å². The Balaban J connectivity index is 2.11. The van der Waals surface area contributed by atoms with E-state index in [1.807, 2.05) is 33.0 Å². The van der Waals surface area contributed by atoms with E-state index in [9.17, 15) is 8.78 Å². The molecule has 2 rings (SSSR count). The maximum Gasteiger partial charge on any atom is 0.282 e. The molecule has 2 aromatic rings. The molecule has 3 nitrogen and oxygen atoms in total. The number of alkyl halides is 2. The Kier molecular flexibility index (Phi) is 4.35. The summed E-state index contributed by atoms with van der Waals surface area (Å²) in [5, 5.41) is 12.6. The first-order valence-electron chi connectivity index (χ1n) is 7.03. The molecule has 116 valence electrons. The van der Waals surface area contributed by atoms with Gasteiger partial charge in [0.1, 0.15) is 6.61 Å². The normalized spacial score (nSPS) is 13.0. The molecule has 0 aliphatic carbocycles. The number of aryl methyl sites for hydroxylation is 1. The van der Waals surface area contributed by atoms with Gasteiger partial charge in [-0.1, -0.05) is 12.1 Å². The fourth-order valence-corrected chi connectivity index (χ4v) is 2.41. The van der Waals surface area contributed by atoms with Crippen LogP contribution >= 0.6 is 0 Å². The van der Waals surface area contributed by atoms with Gasteiger partial charge in [-0.05, 0) is 44.4 Å². The average molecular weight is 296 g/mol. The zero-order chi connectivity index (χ0) is 15.7. The molecule has 1 aromatic heterocycles. The van der Waals surface area contributed by atoms with E-state index in [2.05, 4.69) is 22.4 Å². The van der Waals surface area contributed by atoms with Crippen molar-refractivity contribution in [2.75, 3.05) is 13.2 Å². The van der Waals surface area contributed by atoms with Crippen molar-refractivity contribution < 1.29 is 13.9 Å². The molecule has 0 atom stereocenters. The molecule has 0 bridgehead atoms. The van der Waals surface area contributed by atoms with Gasteiger partial charge < -0.3 is 15.4 Å². The van der Waals surface area contributed by atoms with Crippen LogP contribution in [0.5, 0.6) is 0 Å². The summed E-state index contributed by atoms with van der Waals surface area (Å²) in [4.78, 5) is 3.22. The van der Waals surface area contributed by atoms with Gasteiger partial charge in [0.25, 0.3) is 5.92 Å². The second-order valence-corrected chi connectivity index (χ2v) is 6.29. The Bertz CT molecular complexity index is 620. The maximum absolute atomic E-state index is 13.1. The minimum atomic E-state index is -3.09. The number of hydrogen-bond donors (Lipinski definition) is 3. The molecule has 0 amide bonds. The van der Waals surface area contributed by atoms with Crippen molar-refractivity contribution in [3.63, 3.8) is 0 Å². The van der Waals surface area contributed by atoms with Crippen molar-refractivity contribution >= 4 is 10.9 Å². The third-order valence-corrected chi connectivity index (χ3v) is 3.61. The number of nitrogens with one attached hydrogen (secondary N) is 2. The van der Waals surface area contributed by atoms with Crippen LogP contribution in [0.25, 0.3) is 10.9 Å². The van der Waals surface area contributed by atoms with Gasteiger partial charge in [0.05, 0.1) is 6.54 Å². The molecule has 0 spiro atoms. The van der Waals surface area contributed by atoms with Gasteiger partial charge >= 0.3 is 0 Å². The lowest BCUT2D eigenvalue weighted by atomic mass is 9.94. The molecule has 0 aliphatic heterocycles. The molecule has 1 heterocycles. The number of aromatic amines is 1. The molecule has 0 radical (unpaired) electrons. The average Bonchev–Trinajstić information content (AvgIpc) is 2.78. The molecular weight excluding hydrogens is 274 g/mol. The number of halogens is 2. The quantitative estimate of drug-likeness (QED) is 0.767. The number of aromatic nitrogens is 1. The predicted molar refractivity (Wildman–Crippen MR) is 80.9 cm³/mol. The summed E-state index contributed by atoms with van der Waals surface area (Å²) < 4.78 is 26.3. The Morgan fingerprint density at radius 2 is 2.00 bits per heavy atom. The monoisotopic (exact) mass is 296 g/mol. The van der Waals surface area contributed by atoms with Crippen molar-refractivity contribution in [3.05, 3.63) is 35.5 Å². The van der Waals surface area contributed by atoms with Gasteiger partial charge in [0, 0.05) is 22.6 Å². The summed E-state index contributed by atoms with van der Waals surface area (Å²) in [6, 6.07) is 6.16. The largest absolute Gasteiger partial charge is 0.390 e. The molecule has 0 aliphatic rings. The molecule has 0 saturated carbocycles. The van der Waals surface area contributed by atoms with E-state index in [-0.39, 0.29) is 0 Å². The summed E-state index contributed by atoms with van der Waals surface area (Å²) in [6.07, 6.45) is 2.55. The van der Waals surface area contributed by atoms with Gasteiger partial charge in [0.15, 0.2) is 0 Å². The molecule has 0 saturated heterocycles. The van der Waals surface area contributed by atoms with Crippen LogP contribution < -0.4 is 5.32 Å². The summed E-state index contributed by atoms with van der Waals surface area (Å²) in [5.74, 6) is -3.09. The smallest absolute Gasteiger partial charge is 0.282 e. The summed E-state index contributed by atoms with van der Waals surface area (Å²) >= 11 is 0. The number of benzene rings is 1. The van der Waals surface area contributed by atoms with Gasteiger partial charge in [-0.3, -0.25) is 0 Å². The van der Waals surface area contributed by atoms with Crippen molar-refractivity contribution in [1.29, 1.82) is 0 Å². The maximum atomic E-state index is 13.1. The first-order chi connectivity index (χ1) is 9.72. The van der Waals surface area contributed by atoms with Crippen LogP contribution in [-0.4, -0.2) is 34.7 Å². The summed E-state index contributed by atoms with van der Waals surface area (Å²) in [7, 11) is 0. The first kappa shape index (κ1) is 15.9. The lowest BCUT2D eigenvalue weighted by Gasteiger charge is -2.28. The van der Waals surface area contributed by atoms with Crippen LogP contribution in [0.1, 0.15) is 25.0 Å². The van der Waals surface area contributed by atoms with Crippen LogP contribution in [-0.2, 0) is 6.42 Å². The summed E-state index contributed by atoms with van der Waals surface area (Å²) in [6.45, 7) is 4.13. The minimum Gasteiger partial charge on any atom is -0.390 e. The summed E-state index contributed by atoms with van der Waals surface area (Å²) in [5.41, 5.74) is 2.84. The second kappa shape index (κ2) is 5.73. The van der Waals surface area contributed by atoms with Crippen LogP contribution in [0.3, 0.4) is 0 Å². The van der Waals surface area contributed by atoms with E-state index in [0.29, 0.717) is 6.42 Å². The molecular formula is C16H22F2N2O. The van der Waals surface area contributed by atoms with Crippen molar-refractivity contribution in [1.82, 2.24) is 10.3 Å². The standard InChI is InChI=1S/C16H22F2N2O/c1-11-4-5-13-12(8-19-14(13)6-11)7-15(2,3)20-9-16(17,18)10-21/h4-6,8,19-21H,7,9-10H2,1-3H3. The molecule has 1 aromatic carbocycles. The molecule has 21 heavy (non-hydrogen) atoms. The Morgan fingerprint density at radius 1 is 1.29 bits per heavy atom. The second-order valence-electron chi connectivity index (χ2n) is 6.29. The highest BCUT2D eigenvalue weighted by Crippen LogP contribution is 2.24. The minimum absolute atomic E-state index is 0.487. The Hall–Kier alpha value is -1.46. The lowest BCUT2D eigenvalue weighted by Crippen LogP contribution is -2.48. The van der Waals surface area contributed by atoms with E-state index in [1.54, 1.807) is 0 Å². The molecule has 5 heteroatoms. The van der Waals surface area contributed by atoms with Crippen molar-refractivity contribution in [2.24, 2.45) is 0 Å². The molecule has 3 N–H and O–H groups in total. The zero-order valence-electron chi connectivity index (χ0n) is 12.6. The van der Waals surface area contributed by atoms with Gasteiger partial charge in [0.2, 0.25) is 0 Å². The van der Waals surface area contributed by atoms with Gasteiger partial charge in [-0.15, -0.1) is 0 Å². The third kappa shape index (κ3) is 4.02. The van der Waals surface area contributed by atoms with Crippen LogP contribution in [0.4, 0.5) is 8.78 Å². The molecule has 0 fully saturated rings. The van der Waals surface area contributed by atoms with Crippen LogP contribution in [0, 0.1) is 6.92 Å². The number of H-pyrrole nitrogens is 1. The van der Waals surface area contributed by atoms with Gasteiger partial charge in [-0.2, -0.15) is 0 Å². The van der Waals surface area contributed by atoms with E-state index < -0.39 is 24.6 Å². The van der Waals surface area contributed by atoms with E-state index in [1.165, 1.54) is 5.56 Å². The van der Waals surface area contributed by atoms with E-state index in [4.69, 9.17) is 5.11 Å². The first-order valence-corrected chi connectivity index (χ1v) is 7.03. The Labute approximate surface area is 123 Å². The Morgan fingerprint density at radius 3 is 2.67 bits per heavy atom.